The second-order valence-corrected chi connectivity index (χ2v) is 1.49. The minimum absolute atomic E-state index is 0.524. The second kappa shape index (κ2) is 5.37. The lowest BCUT2D eigenvalue weighted by molar-refractivity contribution is 0.316. The van der Waals surface area contributed by atoms with Crippen molar-refractivity contribution in [2.24, 2.45) is 16.7 Å². The Labute approximate surface area is 54.9 Å². The highest BCUT2D eigenvalue weighted by Crippen LogP contribution is 1.84. The van der Waals surface area contributed by atoms with E-state index in [9.17, 15) is 0 Å². The van der Waals surface area contributed by atoms with Crippen LogP contribution in [0.3, 0.4) is 0 Å². The predicted molar refractivity (Wildman–Crippen MR) is 36.9 cm³/mol. The highest BCUT2D eigenvalue weighted by Gasteiger charge is 1.94. The smallest absolute Gasteiger partial charge is 0.206 e. The van der Waals surface area contributed by atoms with Crippen molar-refractivity contribution < 1.29 is 4.74 Å². The number of rotatable bonds is 3. The number of hydrogen-bond acceptors (Lipinski definition) is 4. The fraction of sp³-hybridized carbons (Fsp3) is 0.800. The van der Waals surface area contributed by atoms with Gasteiger partial charge in [0.2, 0.25) is 5.90 Å². The first kappa shape index (κ1) is 8.23. The van der Waals surface area contributed by atoms with Gasteiger partial charge in [-0.05, 0) is 6.92 Å². The maximum Gasteiger partial charge on any atom is 0.206 e. The van der Waals surface area contributed by atoms with E-state index in [-0.39, 0.29) is 0 Å². The molecule has 0 aromatic rings. The minimum atomic E-state index is 0.524. The molecule has 0 aliphatic rings. The monoisotopic (exact) mass is 131 g/mol. The summed E-state index contributed by atoms with van der Waals surface area (Å²) in [5.41, 5.74) is 5.22. The summed E-state index contributed by atoms with van der Waals surface area (Å²) in [6, 6.07) is 0. The number of hydrazone groups is 1. The van der Waals surface area contributed by atoms with Gasteiger partial charge in [-0.3, -0.25) is 0 Å². The third kappa shape index (κ3) is 3.78. The van der Waals surface area contributed by atoms with Crippen LogP contribution in [0.25, 0.3) is 0 Å². The first-order valence-corrected chi connectivity index (χ1v) is 2.94. The number of nitrogens with zero attached hydrogens (tertiary/aromatic N) is 1. The first-order chi connectivity index (χ1) is 4.35. The average Bonchev–Trinajstić information content (AvgIpc) is 1.88. The summed E-state index contributed by atoms with van der Waals surface area (Å²) < 4.78 is 4.98. The van der Waals surface area contributed by atoms with Crippen LogP contribution in [0.2, 0.25) is 0 Å². The molecule has 0 rings (SSSR count). The lowest BCUT2D eigenvalue weighted by atomic mass is 10.4. The second-order valence-electron chi connectivity index (χ2n) is 1.49. The molecule has 0 amide bonds. The first-order valence-electron chi connectivity index (χ1n) is 2.94. The largest absolute Gasteiger partial charge is 0.480 e. The summed E-state index contributed by atoms with van der Waals surface area (Å²) in [5.74, 6) is 5.48. The van der Waals surface area contributed by atoms with E-state index < -0.39 is 0 Å². The molecule has 0 aliphatic heterocycles. The molecular formula is C5H13N3O. The van der Waals surface area contributed by atoms with Gasteiger partial charge < -0.3 is 16.3 Å². The Kier molecular flexibility index (Phi) is 4.91. The lowest BCUT2D eigenvalue weighted by Crippen LogP contribution is -2.13. The summed E-state index contributed by atoms with van der Waals surface area (Å²) in [6.07, 6.45) is 0.615. The Morgan fingerprint density at radius 1 is 1.67 bits per heavy atom. The van der Waals surface area contributed by atoms with Crippen molar-refractivity contribution in [1.82, 2.24) is 0 Å². The number of ether oxygens (including phenoxy) is 1. The fourth-order valence-corrected chi connectivity index (χ4v) is 0.464. The topological polar surface area (TPSA) is 73.6 Å². The average molecular weight is 131 g/mol. The minimum Gasteiger partial charge on any atom is -0.480 e. The van der Waals surface area contributed by atoms with Gasteiger partial charge in [-0.25, -0.2) is 0 Å². The van der Waals surface area contributed by atoms with E-state index in [0.717, 1.165) is 0 Å². The molecule has 0 fully saturated rings. The fourth-order valence-electron chi connectivity index (χ4n) is 0.464. The molecule has 0 saturated heterocycles. The van der Waals surface area contributed by atoms with Crippen LogP contribution in [0, 0.1) is 0 Å². The molecule has 0 saturated carbocycles. The van der Waals surface area contributed by atoms with Gasteiger partial charge >= 0.3 is 0 Å². The molecule has 0 aliphatic carbocycles. The Morgan fingerprint density at radius 3 is 2.67 bits per heavy atom. The summed E-state index contributed by atoms with van der Waals surface area (Å²) in [4.78, 5) is 0. The normalized spacial score (nSPS) is 11.6. The van der Waals surface area contributed by atoms with E-state index in [0.29, 0.717) is 25.5 Å². The molecule has 4 N–H and O–H groups in total. The molecule has 0 spiro atoms. The van der Waals surface area contributed by atoms with E-state index in [4.69, 9.17) is 16.3 Å². The maximum absolute atomic E-state index is 5.22. The van der Waals surface area contributed by atoms with Crippen LogP contribution in [-0.4, -0.2) is 19.0 Å². The van der Waals surface area contributed by atoms with Crippen LogP contribution in [-0.2, 0) is 4.74 Å². The Morgan fingerprint density at radius 2 is 2.33 bits per heavy atom. The molecule has 0 aromatic heterocycles. The van der Waals surface area contributed by atoms with E-state index in [2.05, 4.69) is 5.10 Å². The highest BCUT2D eigenvalue weighted by atomic mass is 16.5. The van der Waals surface area contributed by atoms with Crippen molar-refractivity contribution in [3.8, 4) is 0 Å². The zero-order valence-corrected chi connectivity index (χ0v) is 5.63. The molecule has 0 unspecified atom stereocenters. The molecule has 4 heteroatoms. The van der Waals surface area contributed by atoms with Gasteiger partial charge in [0.05, 0.1) is 6.61 Å². The molecular weight excluding hydrogens is 118 g/mol. The Balaban J connectivity index is 3.43. The van der Waals surface area contributed by atoms with Gasteiger partial charge in [0.15, 0.2) is 0 Å². The van der Waals surface area contributed by atoms with Gasteiger partial charge in [-0.2, -0.15) is 0 Å². The van der Waals surface area contributed by atoms with E-state index >= 15 is 0 Å². The molecule has 0 radical (unpaired) electrons. The summed E-state index contributed by atoms with van der Waals surface area (Å²) >= 11 is 0. The number of nitrogens with two attached hydrogens (primary N) is 2. The molecule has 0 heterocycles. The number of hydrogen-bond donors (Lipinski definition) is 2. The predicted octanol–water partition coefficient (Wildman–Crippen LogP) is -0.356. The third-order valence-corrected chi connectivity index (χ3v) is 0.813. The Bertz CT molecular complexity index is 84.2. The van der Waals surface area contributed by atoms with Gasteiger partial charge in [0.25, 0.3) is 0 Å². The van der Waals surface area contributed by atoms with Crippen molar-refractivity contribution in [2.45, 2.75) is 13.3 Å². The van der Waals surface area contributed by atoms with Crippen LogP contribution in [0.5, 0.6) is 0 Å². The molecule has 0 bridgehead atoms. The van der Waals surface area contributed by atoms with E-state index in [1.807, 2.05) is 6.92 Å². The van der Waals surface area contributed by atoms with Gasteiger partial charge in [-0.1, -0.05) is 0 Å². The van der Waals surface area contributed by atoms with Crippen LogP contribution in [0.1, 0.15) is 13.3 Å². The molecule has 4 nitrogen and oxygen atoms in total. The zero-order chi connectivity index (χ0) is 7.11. The third-order valence-electron chi connectivity index (χ3n) is 0.813. The van der Waals surface area contributed by atoms with Gasteiger partial charge in [-0.15, -0.1) is 5.10 Å². The maximum atomic E-state index is 5.22. The summed E-state index contributed by atoms with van der Waals surface area (Å²) in [7, 11) is 0. The van der Waals surface area contributed by atoms with Crippen LogP contribution >= 0.6 is 0 Å². The van der Waals surface area contributed by atoms with Crippen molar-refractivity contribution in [3.05, 3.63) is 0 Å². The van der Waals surface area contributed by atoms with E-state index in [1.54, 1.807) is 0 Å². The van der Waals surface area contributed by atoms with Crippen molar-refractivity contribution >= 4 is 5.90 Å². The summed E-state index contributed by atoms with van der Waals surface area (Å²) in [5, 5.41) is 3.38. The SMILES string of the molecule is CCOC(CCN)=NN. The van der Waals surface area contributed by atoms with Crippen LogP contribution < -0.4 is 11.6 Å². The van der Waals surface area contributed by atoms with Crippen molar-refractivity contribution in [1.29, 1.82) is 0 Å². The van der Waals surface area contributed by atoms with Crippen molar-refractivity contribution in [2.75, 3.05) is 13.2 Å². The quantitative estimate of drug-likeness (QED) is 0.238. The van der Waals surface area contributed by atoms with Crippen LogP contribution in [0.15, 0.2) is 5.10 Å². The molecule has 0 aromatic carbocycles. The molecule has 0 atom stereocenters. The standard InChI is InChI=1S/C5H13N3O/c1-2-9-5(8-7)3-4-6/h2-4,6-7H2,1H3. The van der Waals surface area contributed by atoms with Gasteiger partial charge in [0.1, 0.15) is 0 Å². The van der Waals surface area contributed by atoms with Gasteiger partial charge in [0, 0.05) is 13.0 Å². The van der Waals surface area contributed by atoms with E-state index in [1.165, 1.54) is 0 Å². The van der Waals surface area contributed by atoms with Crippen molar-refractivity contribution in [3.63, 3.8) is 0 Å². The lowest BCUT2D eigenvalue weighted by Gasteiger charge is -2.02. The highest BCUT2D eigenvalue weighted by molar-refractivity contribution is 5.75. The Hall–Kier alpha value is -0.770. The molecule has 54 valence electrons. The zero-order valence-electron chi connectivity index (χ0n) is 5.63. The van der Waals surface area contributed by atoms with Crippen LogP contribution in [0.4, 0.5) is 0 Å². The summed E-state index contributed by atoms with van der Waals surface area (Å²) in [6.45, 7) is 2.99. The molecule has 9 heavy (non-hydrogen) atoms.